The van der Waals surface area contributed by atoms with Gasteiger partial charge in [-0.05, 0) is 51.0 Å². The second-order valence-corrected chi connectivity index (χ2v) is 8.68. The first-order valence-corrected chi connectivity index (χ1v) is 10.3. The van der Waals surface area contributed by atoms with Crippen LogP contribution in [-0.4, -0.2) is 70.5 Å². The van der Waals surface area contributed by atoms with Crippen LogP contribution < -0.4 is 0 Å². The van der Waals surface area contributed by atoms with Crippen LogP contribution in [-0.2, 0) is 9.53 Å². The predicted molar refractivity (Wildman–Crippen MR) is 104 cm³/mol. The zero-order valence-electron chi connectivity index (χ0n) is 16.3. The molecule has 2 aliphatic rings. The number of carbonyl (C=O) groups is 1. The Morgan fingerprint density at radius 3 is 2.62 bits per heavy atom. The van der Waals surface area contributed by atoms with Gasteiger partial charge in [0.1, 0.15) is 16.9 Å². The van der Waals surface area contributed by atoms with Crippen molar-refractivity contribution in [2.24, 2.45) is 0 Å². The normalized spacial score (nSPS) is 21.9. The summed E-state index contributed by atoms with van der Waals surface area (Å²) in [6, 6.07) is 0. The van der Waals surface area contributed by atoms with Crippen molar-refractivity contribution >= 4 is 17.7 Å². The molecule has 0 amide bonds. The van der Waals surface area contributed by atoms with E-state index in [0.717, 1.165) is 30.2 Å². The van der Waals surface area contributed by atoms with Crippen LogP contribution >= 0.6 is 11.8 Å². The van der Waals surface area contributed by atoms with Gasteiger partial charge in [-0.25, -0.2) is 9.18 Å². The number of alkyl halides is 1. The lowest BCUT2D eigenvalue weighted by atomic mass is 10.0. The summed E-state index contributed by atoms with van der Waals surface area (Å²) >= 11 is 1.62. The third-order valence-electron chi connectivity index (χ3n) is 4.66. The molecule has 5 nitrogen and oxygen atoms in total. The van der Waals surface area contributed by atoms with Crippen LogP contribution in [0.2, 0.25) is 0 Å². The number of morpholine rings is 1. The van der Waals surface area contributed by atoms with Crippen LogP contribution in [0.5, 0.6) is 0 Å². The quantitative estimate of drug-likeness (QED) is 0.689. The van der Waals surface area contributed by atoms with Gasteiger partial charge in [-0.1, -0.05) is 6.92 Å². The van der Waals surface area contributed by atoms with Crippen molar-refractivity contribution in [3.63, 3.8) is 0 Å². The fourth-order valence-corrected chi connectivity index (χ4v) is 4.56. The second-order valence-electron chi connectivity index (χ2n) is 7.33. The highest BCUT2D eigenvalue weighted by Crippen LogP contribution is 2.36. The second kappa shape index (κ2) is 9.13. The highest BCUT2D eigenvalue weighted by molar-refractivity contribution is 8.00. The van der Waals surface area contributed by atoms with Crippen molar-refractivity contribution in [2.75, 3.05) is 38.6 Å². The van der Waals surface area contributed by atoms with Crippen LogP contribution in [0.4, 0.5) is 4.39 Å². The van der Waals surface area contributed by atoms with E-state index in [-0.39, 0.29) is 5.37 Å². The van der Waals surface area contributed by atoms with E-state index in [0.29, 0.717) is 38.2 Å². The number of hydrogen-bond donors (Lipinski definition) is 1. The molecule has 0 aromatic rings. The van der Waals surface area contributed by atoms with Gasteiger partial charge < -0.3 is 19.6 Å². The van der Waals surface area contributed by atoms with Gasteiger partial charge in [0.15, 0.2) is 0 Å². The molecule has 0 spiro atoms. The van der Waals surface area contributed by atoms with E-state index in [2.05, 4.69) is 9.80 Å². The summed E-state index contributed by atoms with van der Waals surface area (Å²) in [4.78, 5) is 16.3. The van der Waals surface area contributed by atoms with Crippen molar-refractivity contribution in [1.29, 1.82) is 0 Å². The maximum Gasteiger partial charge on any atom is 0.334 e. The number of aliphatic carboxylic acids is 1. The van der Waals surface area contributed by atoms with E-state index in [9.17, 15) is 14.3 Å². The largest absolute Gasteiger partial charge is 0.478 e. The first-order chi connectivity index (χ1) is 12.2. The van der Waals surface area contributed by atoms with Crippen LogP contribution in [0.1, 0.15) is 40.5 Å². The van der Waals surface area contributed by atoms with Crippen LogP contribution in [0.3, 0.4) is 0 Å². The van der Waals surface area contributed by atoms with Gasteiger partial charge in [0.05, 0.1) is 18.8 Å². The molecule has 0 aromatic heterocycles. The minimum Gasteiger partial charge on any atom is -0.478 e. The molecule has 7 heteroatoms. The van der Waals surface area contributed by atoms with Crippen molar-refractivity contribution < 1.29 is 19.0 Å². The molecule has 2 heterocycles. The van der Waals surface area contributed by atoms with Crippen LogP contribution in [0.25, 0.3) is 0 Å². The highest BCUT2D eigenvalue weighted by Gasteiger charge is 2.35. The molecular formula is C19H31FN2O3S. The molecule has 0 aromatic carbocycles. The zero-order chi connectivity index (χ0) is 19.3. The summed E-state index contributed by atoms with van der Waals surface area (Å²) in [5.41, 5.74) is 0.0216. The Balaban J connectivity index is 2.31. The minimum atomic E-state index is -1.21. The van der Waals surface area contributed by atoms with E-state index in [1.54, 1.807) is 25.6 Å². The molecule has 26 heavy (non-hydrogen) atoms. The minimum absolute atomic E-state index is 0.247. The van der Waals surface area contributed by atoms with Crippen LogP contribution in [0.15, 0.2) is 23.0 Å². The lowest BCUT2D eigenvalue weighted by molar-refractivity contribution is -0.133. The lowest BCUT2D eigenvalue weighted by Gasteiger charge is -2.44. The van der Waals surface area contributed by atoms with Gasteiger partial charge in [0, 0.05) is 19.6 Å². The topological polar surface area (TPSA) is 53.0 Å². The molecular weight excluding hydrogens is 355 g/mol. The number of allylic oxidation sites excluding steroid dienone is 2. The zero-order valence-corrected chi connectivity index (χ0v) is 17.1. The number of thioether (sulfide) groups is 1. The fraction of sp³-hybridized carbons (Fsp3) is 0.737. The third-order valence-corrected chi connectivity index (χ3v) is 5.79. The van der Waals surface area contributed by atoms with E-state index < -0.39 is 11.6 Å². The van der Waals surface area contributed by atoms with Crippen molar-refractivity contribution in [3.8, 4) is 0 Å². The SMILES string of the molecule is CCSC1C(C(=O)O)=C(C)C=C(N2CCOCC2)N1CCCC(C)(C)F. The summed E-state index contributed by atoms with van der Waals surface area (Å²) in [5, 5.41) is 9.51. The Hall–Kier alpha value is -1.21. The Morgan fingerprint density at radius 1 is 1.42 bits per heavy atom. The molecule has 2 rings (SSSR count). The summed E-state index contributed by atoms with van der Waals surface area (Å²) < 4.78 is 19.4. The molecule has 0 aliphatic carbocycles. The number of nitrogens with zero attached hydrogens (tertiary/aromatic N) is 2. The van der Waals surface area contributed by atoms with Crippen molar-refractivity contribution in [3.05, 3.63) is 23.0 Å². The standard InChI is InChI=1S/C19H31FN2O3S/c1-5-26-17-16(18(23)24)14(2)13-15(21-9-11-25-12-10-21)22(17)8-6-7-19(3,4)20/h13,17H,5-12H2,1-4H3,(H,23,24). The predicted octanol–water partition coefficient (Wildman–Crippen LogP) is 3.48. The maximum atomic E-state index is 13.9. The monoisotopic (exact) mass is 386 g/mol. The Morgan fingerprint density at radius 2 is 2.08 bits per heavy atom. The average Bonchev–Trinajstić information content (AvgIpc) is 2.56. The van der Waals surface area contributed by atoms with Crippen LogP contribution in [0, 0.1) is 0 Å². The van der Waals surface area contributed by atoms with Gasteiger partial charge in [0.25, 0.3) is 0 Å². The van der Waals surface area contributed by atoms with E-state index in [1.807, 2.05) is 19.9 Å². The highest BCUT2D eigenvalue weighted by atomic mass is 32.2. The maximum absolute atomic E-state index is 13.9. The molecule has 1 atom stereocenters. The van der Waals surface area contributed by atoms with Gasteiger partial charge in [0.2, 0.25) is 0 Å². The van der Waals surface area contributed by atoms with Gasteiger partial charge in [-0.3, -0.25) is 0 Å². The van der Waals surface area contributed by atoms with E-state index >= 15 is 0 Å². The summed E-state index contributed by atoms with van der Waals surface area (Å²) in [5.74, 6) is 0.982. The smallest absolute Gasteiger partial charge is 0.334 e. The molecule has 1 saturated heterocycles. The summed E-state index contributed by atoms with van der Waals surface area (Å²) in [7, 11) is 0. The molecule has 2 aliphatic heterocycles. The number of rotatable bonds is 8. The first-order valence-electron chi connectivity index (χ1n) is 9.30. The molecule has 0 saturated carbocycles. The number of ether oxygens (including phenoxy) is 1. The third kappa shape index (κ3) is 5.39. The number of carboxylic acid groups (broad SMARTS) is 1. The molecule has 1 fully saturated rings. The van der Waals surface area contributed by atoms with Gasteiger partial charge >= 0.3 is 5.97 Å². The number of hydrogen-bond acceptors (Lipinski definition) is 5. The average molecular weight is 387 g/mol. The molecule has 1 unspecified atom stereocenters. The molecule has 1 N–H and O–H groups in total. The number of halogens is 1. The van der Waals surface area contributed by atoms with Gasteiger partial charge in [-0.15, -0.1) is 11.8 Å². The lowest BCUT2D eigenvalue weighted by Crippen LogP contribution is -2.48. The first kappa shape index (κ1) is 21.1. The number of carboxylic acids is 1. The van der Waals surface area contributed by atoms with Crippen molar-refractivity contribution in [2.45, 2.75) is 51.6 Å². The summed E-state index contributed by atoms with van der Waals surface area (Å²) in [6.07, 6.45) is 3.11. The van der Waals surface area contributed by atoms with E-state index in [4.69, 9.17) is 4.74 Å². The Kier molecular flexibility index (Phi) is 7.41. The van der Waals surface area contributed by atoms with E-state index in [1.165, 1.54) is 0 Å². The molecule has 0 radical (unpaired) electrons. The molecule has 0 bridgehead atoms. The molecule has 148 valence electrons. The fourth-order valence-electron chi connectivity index (χ4n) is 3.40. The Bertz CT molecular complexity index is 566. The van der Waals surface area contributed by atoms with Crippen molar-refractivity contribution in [1.82, 2.24) is 9.80 Å². The van der Waals surface area contributed by atoms with Gasteiger partial charge in [-0.2, -0.15) is 0 Å². The Labute approximate surface area is 160 Å². The summed E-state index contributed by atoms with van der Waals surface area (Å²) in [6.45, 7) is 10.6.